The number of benzene rings is 1. The van der Waals surface area contributed by atoms with Crippen LogP contribution in [0.2, 0.25) is 0 Å². The fourth-order valence-corrected chi connectivity index (χ4v) is 3.39. The molecule has 0 aliphatic heterocycles. The summed E-state index contributed by atoms with van der Waals surface area (Å²) in [7, 11) is -3.01. The number of nitrogens with two attached hydrogens (primary N) is 1. The Labute approximate surface area is 117 Å². The van der Waals surface area contributed by atoms with Crippen LogP contribution in [0.1, 0.15) is 18.9 Å². The van der Waals surface area contributed by atoms with E-state index in [2.05, 4.69) is 15.9 Å². The highest BCUT2D eigenvalue weighted by Gasteiger charge is 2.11. The molecule has 0 aliphatic carbocycles. The van der Waals surface area contributed by atoms with Crippen molar-refractivity contribution in [1.29, 1.82) is 0 Å². The van der Waals surface area contributed by atoms with Crippen molar-refractivity contribution < 1.29 is 13.2 Å². The van der Waals surface area contributed by atoms with Gasteiger partial charge in [-0.2, -0.15) is 0 Å². The summed E-state index contributed by atoms with van der Waals surface area (Å²) in [4.78, 5) is 0. The van der Waals surface area contributed by atoms with Gasteiger partial charge >= 0.3 is 0 Å². The lowest BCUT2D eigenvalue weighted by molar-refractivity contribution is 0.340. The molecule has 18 heavy (non-hydrogen) atoms. The van der Waals surface area contributed by atoms with Crippen LogP contribution in [0.3, 0.4) is 0 Å². The fraction of sp³-hybridized carbons (Fsp3) is 0.500. The molecule has 0 saturated carbocycles. The minimum Gasteiger partial charge on any atom is -0.490 e. The highest BCUT2D eigenvalue weighted by atomic mass is 79.9. The van der Waals surface area contributed by atoms with E-state index in [9.17, 15) is 8.42 Å². The molecule has 0 spiro atoms. The number of ether oxygens (including phenoxy) is 1. The molecule has 0 aromatic heterocycles. The van der Waals surface area contributed by atoms with Gasteiger partial charge in [0.2, 0.25) is 0 Å². The van der Waals surface area contributed by atoms with Crippen molar-refractivity contribution >= 4 is 31.5 Å². The standard InChI is InChI=1S/C12H18BrNO3S/c1-3-5-18(15,16)6-4-17-12-9(2)7-10(13)8-11(12)14/h7-8H,3-6,14H2,1-2H3. The number of aryl methyl sites for hydroxylation is 1. The van der Waals surface area contributed by atoms with Crippen LogP contribution in [-0.2, 0) is 9.84 Å². The first-order valence-electron chi connectivity index (χ1n) is 5.74. The summed E-state index contributed by atoms with van der Waals surface area (Å²) >= 11 is 3.34. The van der Waals surface area contributed by atoms with Crippen molar-refractivity contribution in [2.24, 2.45) is 0 Å². The predicted molar refractivity (Wildman–Crippen MR) is 77.7 cm³/mol. The smallest absolute Gasteiger partial charge is 0.153 e. The number of sulfone groups is 1. The maximum atomic E-state index is 11.5. The molecule has 1 rings (SSSR count). The van der Waals surface area contributed by atoms with Gasteiger partial charge in [0.1, 0.15) is 12.4 Å². The highest BCUT2D eigenvalue weighted by molar-refractivity contribution is 9.10. The molecule has 0 aliphatic rings. The molecule has 0 saturated heterocycles. The van der Waals surface area contributed by atoms with Gasteiger partial charge < -0.3 is 10.5 Å². The lowest BCUT2D eigenvalue weighted by atomic mass is 10.2. The van der Waals surface area contributed by atoms with Crippen molar-refractivity contribution in [2.45, 2.75) is 20.3 Å². The molecule has 0 atom stereocenters. The van der Waals surface area contributed by atoms with Crippen molar-refractivity contribution in [3.8, 4) is 5.75 Å². The number of nitrogen functional groups attached to an aromatic ring is 1. The average molecular weight is 336 g/mol. The minimum atomic E-state index is -3.01. The molecular formula is C12H18BrNO3S. The predicted octanol–water partition coefficient (Wildman–Crippen LogP) is 2.54. The molecule has 0 unspecified atom stereocenters. The second-order valence-electron chi connectivity index (χ2n) is 4.14. The van der Waals surface area contributed by atoms with Gasteiger partial charge in [-0.1, -0.05) is 22.9 Å². The van der Waals surface area contributed by atoms with Crippen molar-refractivity contribution in [1.82, 2.24) is 0 Å². The number of halogens is 1. The van der Waals surface area contributed by atoms with E-state index in [1.165, 1.54) is 0 Å². The van der Waals surface area contributed by atoms with Gasteiger partial charge in [-0.25, -0.2) is 8.42 Å². The topological polar surface area (TPSA) is 69.4 Å². The highest BCUT2D eigenvalue weighted by Crippen LogP contribution is 2.29. The van der Waals surface area contributed by atoms with Crippen LogP contribution in [0, 0.1) is 6.92 Å². The molecule has 1 aromatic rings. The molecule has 0 radical (unpaired) electrons. The van der Waals surface area contributed by atoms with E-state index in [1.54, 1.807) is 6.07 Å². The summed E-state index contributed by atoms with van der Waals surface area (Å²) in [5.41, 5.74) is 7.22. The van der Waals surface area contributed by atoms with E-state index in [1.807, 2.05) is 19.9 Å². The summed E-state index contributed by atoms with van der Waals surface area (Å²) in [6, 6.07) is 3.62. The average Bonchev–Trinajstić information content (AvgIpc) is 2.21. The van der Waals surface area contributed by atoms with E-state index in [0.717, 1.165) is 10.0 Å². The van der Waals surface area contributed by atoms with Crippen LogP contribution < -0.4 is 10.5 Å². The van der Waals surface area contributed by atoms with Crippen LogP contribution in [0.15, 0.2) is 16.6 Å². The van der Waals surface area contributed by atoms with E-state index in [-0.39, 0.29) is 18.1 Å². The molecule has 102 valence electrons. The third kappa shape index (κ3) is 4.49. The quantitative estimate of drug-likeness (QED) is 0.811. The maximum absolute atomic E-state index is 11.5. The molecule has 0 bridgehead atoms. The second-order valence-corrected chi connectivity index (χ2v) is 7.36. The van der Waals surface area contributed by atoms with E-state index >= 15 is 0 Å². The van der Waals surface area contributed by atoms with Crippen LogP contribution in [0.5, 0.6) is 5.75 Å². The molecule has 1 aromatic carbocycles. The molecule has 2 N–H and O–H groups in total. The summed E-state index contributed by atoms with van der Waals surface area (Å²) < 4.78 is 29.4. The Morgan fingerprint density at radius 3 is 2.56 bits per heavy atom. The first kappa shape index (κ1) is 15.3. The van der Waals surface area contributed by atoms with Crippen molar-refractivity contribution in [3.63, 3.8) is 0 Å². The Morgan fingerprint density at radius 2 is 2.00 bits per heavy atom. The molecule has 6 heteroatoms. The Kier molecular flexibility index (Phi) is 5.47. The Bertz CT molecular complexity index is 491. The zero-order valence-electron chi connectivity index (χ0n) is 10.6. The summed E-state index contributed by atoms with van der Waals surface area (Å²) in [6.45, 7) is 3.85. The van der Waals surface area contributed by atoms with Gasteiger partial charge in [0, 0.05) is 4.47 Å². The summed E-state index contributed by atoms with van der Waals surface area (Å²) in [6.07, 6.45) is 0.627. The van der Waals surface area contributed by atoms with Crippen LogP contribution in [-0.4, -0.2) is 26.5 Å². The molecule has 4 nitrogen and oxygen atoms in total. The van der Waals surface area contributed by atoms with Gasteiger partial charge in [0.05, 0.1) is 17.2 Å². The zero-order valence-corrected chi connectivity index (χ0v) is 13.0. The van der Waals surface area contributed by atoms with Crippen molar-refractivity contribution in [3.05, 3.63) is 22.2 Å². The van der Waals surface area contributed by atoms with Crippen LogP contribution >= 0.6 is 15.9 Å². The number of hydrogen-bond donors (Lipinski definition) is 1. The fourth-order valence-electron chi connectivity index (χ4n) is 1.64. The third-order valence-corrected chi connectivity index (χ3v) is 4.70. The Balaban J connectivity index is 2.65. The van der Waals surface area contributed by atoms with Gasteiger partial charge in [0.15, 0.2) is 9.84 Å². The van der Waals surface area contributed by atoms with Gasteiger partial charge in [-0.3, -0.25) is 0 Å². The van der Waals surface area contributed by atoms with Gasteiger partial charge in [0.25, 0.3) is 0 Å². The SMILES string of the molecule is CCCS(=O)(=O)CCOc1c(C)cc(Br)cc1N. The largest absolute Gasteiger partial charge is 0.490 e. The van der Waals surface area contributed by atoms with Crippen LogP contribution in [0.25, 0.3) is 0 Å². The minimum absolute atomic E-state index is 0.0236. The second kappa shape index (κ2) is 6.43. The number of rotatable bonds is 6. The first-order valence-corrected chi connectivity index (χ1v) is 8.36. The monoisotopic (exact) mass is 335 g/mol. The van der Waals surface area contributed by atoms with E-state index < -0.39 is 9.84 Å². The van der Waals surface area contributed by atoms with E-state index in [0.29, 0.717) is 17.9 Å². The molecule has 0 amide bonds. The lowest BCUT2D eigenvalue weighted by Gasteiger charge is -2.12. The van der Waals surface area contributed by atoms with Gasteiger partial charge in [-0.15, -0.1) is 0 Å². The zero-order chi connectivity index (χ0) is 13.8. The van der Waals surface area contributed by atoms with E-state index in [4.69, 9.17) is 10.5 Å². The maximum Gasteiger partial charge on any atom is 0.153 e. The third-order valence-electron chi connectivity index (χ3n) is 2.42. The molecule has 0 heterocycles. The molecular weight excluding hydrogens is 318 g/mol. The summed E-state index contributed by atoms with van der Waals surface area (Å²) in [5, 5.41) is 0. The van der Waals surface area contributed by atoms with Gasteiger partial charge in [-0.05, 0) is 31.0 Å². The van der Waals surface area contributed by atoms with Crippen LogP contribution in [0.4, 0.5) is 5.69 Å². The molecule has 0 fully saturated rings. The lowest BCUT2D eigenvalue weighted by Crippen LogP contribution is -2.17. The normalized spacial score (nSPS) is 11.5. The first-order chi connectivity index (χ1) is 8.35. The summed E-state index contributed by atoms with van der Waals surface area (Å²) in [5.74, 6) is 0.783. The number of hydrogen-bond acceptors (Lipinski definition) is 4. The van der Waals surface area contributed by atoms with Crippen molar-refractivity contribution in [2.75, 3.05) is 23.8 Å². The Morgan fingerprint density at radius 1 is 1.33 bits per heavy atom. The Hall–Kier alpha value is -0.750. The number of anilines is 1.